The van der Waals surface area contributed by atoms with Gasteiger partial charge in [0.1, 0.15) is 0 Å². The quantitative estimate of drug-likeness (QED) is 0.192. The largest absolute Gasteiger partial charge is 0.431 e. The molecule has 2 heterocycles. The third-order valence-corrected chi connectivity index (χ3v) is 15.9. The fourth-order valence-corrected chi connectivity index (χ4v) is 12.8. The third-order valence-electron chi connectivity index (χ3n) is 9.10. The Morgan fingerprint density at radius 2 is 1.49 bits per heavy atom. The van der Waals surface area contributed by atoms with Crippen LogP contribution in [0, 0.1) is 18.8 Å². The topological polar surface area (TPSA) is 84.9 Å². The average molecular weight is 665 g/mol. The van der Waals surface area contributed by atoms with Gasteiger partial charge < -0.3 is 14.5 Å². The molecule has 7 nitrogen and oxygen atoms in total. The number of hydrogen-bond donors (Lipinski definition) is 1. The molecule has 0 bridgehead atoms. The minimum atomic E-state index is -3.78. The molecule has 242 valence electrons. The van der Waals surface area contributed by atoms with Gasteiger partial charge in [-0.15, -0.1) is 0 Å². The Balaban J connectivity index is 1.22. The molecule has 1 saturated heterocycles. The number of amides is 1. The van der Waals surface area contributed by atoms with Crippen LogP contribution in [0.15, 0.2) is 114 Å². The summed E-state index contributed by atoms with van der Waals surface area (Å²) in [7, 11) is -6.55. The first kappa shape index (κ1) is 32.6. The van der Waals surface area contributed by atoms with Crippen molar-refractivity contribution in [3.05, 3.63) is 120 Å². The lowest BCUT2D eigenvalue weighted by Crippen LogP contribution is -2.66. The van der Waals surface area contributed by atoms with E-state index in [1.165, 1.54) is 4.31 Å². The van der Waals surface area contributed by atoms with E-state index in [-0.39, 0.29) is 29.0 Å². The predicted molar refractivity (Wildman–Crippen MR) is 188 cm³/mol. The number of ether oxygens (including phenoxy) is 1. The highest BCUT2D eigenvalue weighted by atomic mass is 32.2. The zero-order chi connectivity index (χ0) is 33.2. The first-order chi connectivity index (χ1) is 22.5. The van der Waals surface area contributed by atoms with Crippen LogP contribution in [0.3, 0.4) is 0 Å². The number of anilines is 1. The number of hydrogen-bond acceptors (Lipinski definition) is 5. The molecule has 1 amide bonds. The van der Waals surface area contributed by atoms with Crippen molar-refractivity contribution in [3.8, 4) is 11.8 Å². The second-order valence-corrected chi connectivity index (χ2v) is 19.4. The number of carbonyl (C=O) groups excluding carboxylic acids is 1. The maximum Gasteiger partial charge on any atom is 0.408 e. The molecule has 0 radical (unpaired) electrons. The van der Waals surface area contributed by atoms with Crippen LogP contribution in [0.1, 0.15) is 44.2 Å². The molecule has 0 spiro atoms. The van der Waals surface area contributed by atoms with Crippen LogP contribution in [0.25, 0.3) is 0 Å². The molecule has 6 rings (SSSR count). The molecule has 9 heteroatoms. The molecule has 0 unspecified atom stereocenters. The zero-order valence-corrected chi connectivity index (χ0v) is 29.0. The number of rotatable bonds is 8. The summed E-state index contributed by atoms with van der Waals surface area (Å²) in [6.45, 7) is 9.01. The van der Waals surface area contributed by atoms with Gasteiger partial charge in [0.15, 0.2) is 6.10 Å². The Bertz CT molecular complexity index is 1860. The molecule has 0 aromatic heterocycles. The zero-order valence-electron chi connectivity index (χ0n) is 27.1. The number of nitrogens with one attached hydrogen (secondary N) is 1. The number of sulfonamides is 1. The second kappa shape index (κ2) is 13.0. The van der Waals surface area contributed by atoms with Crippen LogP contribution in [0.4, 0.5) is 10.5 Å². The normalized spacial score (nSPS) is 19.4. The molecule has 2 aliphatic rings. The van der Waals surface area contributed by atoms with Crippen molar-refractivity contribution < 1.29 is 22.4 Å². The summed E-state index contributed by atoms with van der Waals surface area (Å²) in [6, 6.07) is 34.8. The highest BCUT2D eigenvalue weighted by Crippen LogP contribution is 2.42. The number of para-hydroxylation sites is 1. The van der Waals surface area contributed by atoms with Crippen molar-refractivity contribution >= 4 is 40.5 Å². The predicted octanol–water partition coefficient (Wildman–Crippen LogP) is 5.73. The van der Waals surface area contributed by atoms with Crippen LogP contribution in [-0.4, -0.2) is 48.1 Å². The Morgan fingerprint density at radius 1 is 0.894 bits per heavy atom. The summed E-state index contributed by atoms with van der Waals surface area (Å²) >= 11 is 0. The first-order valence-corrected chi connectivity index (χ1v) is 19.2. The van der Waals surface area contributed by atoms with Crippen molar-refractivity contribution in [3.63, 3.8) is 0 Å². The lowest BCUT2D eigenvalue weighted by atomic mass is 9.92. The highest BCUT2D eigenvalue weighted by molar-refractivity contribution is 7.92. The van der Waals surface area contributed by atoms with E-state index in [1.807, 2.05) is 67.6 Å². The second-order valence-electron chi connectivity index (χ2n) is 13.2. The minimum absolute atomic E-state index is 0.156. The Hall–Kier alpha value is -4.36. The SMILES string of the molecule is Cc1ccc(S(=O)(=O)N2C[C@H](C[C@H]3NC(=O)O[C@H]3C#CCO[Si](c3ccccc3)(c3ccccc3)C(C)(C)C)c3ccccc32)cc1. The number of nitrogens with zero attached hydrogens (tertiary/aromatic N) is 1. The van der Waals surface area contributed by atoms with Crippen molar-refractivity contribution in [2.75, 3.05) is 17.5 Å². The Labute approximate surface area is 279 Å². The summed E-state index contributed by atoms with van der Waals surface area (Å²) in [4.78, 5) is 12.7. The number of aryl methyl sites for hydroxylation is 1. The molecular formula is C38H40N2O5SSi. The van der Waals surface area contributed by atoms with Crippen LogP contribution in [0.5, 0.6) is 0 Å². The van der Waals surface area contributed by atoms with Gasteiger partial charge in [-0.25, -0.2) is 13.2 Å². The van der Waals surface area contributed by atoms with Crippen LogP contribution in [0.2, 0.25) is 5.04 Å². The molecule has 0 saturated carbocycles. The van der Waals surface area contributed by atoms with Gasteiger partial charge in [0.25, 0.3) is 18.3 Å². The number of cyclic esters (lactones) is 1. The standard InChI is InChI=1S/C38H40N2O5SSi/c1-28-21-23-30(24-22-28)46(42,43)40-27-29(33-18-11-12-19-35(33)40)26-34-36(45-37(41)39-34)20-13-25-44-47(38(2,3)4,31-14-7-5-8-15-31)32-16-9-6-10-17-32/h5-12,14-19,21-24,29,34,36H,25-27H2,1-4H3,(H,39,41)/t29-,34+,36-/m0/s1. The van der Waals surface area contributed by atoms with E-state index < -0.39 is 36.6 Å². The molecule has 2 aliphatic heterocycles. The van der Waals surface area contributed by atoms with Crippen LogP contribution >= 0.6 is 0 Å². The minimum Gasteiger partial charge on any atom is -0.431 e. The van der Waals surface area contributed by atoms with Crippen LogP contribution < -0.4 is 20.0 Å². The van der Waals surface area contributed by atoms with E-state index >= 15 is 0 Å². The van der Waals surface area contributed by atoms with E-state index in [2.05, 4.69) is 62.2 Å². The average Bonchev–Trinajstić information content (AvgIpc) is 3.61. The summed E-state index contributed by atoms with van der Waals surface area (Å²) in [5.41, 5.74) is 2.57. The fraction of sp³-hybridized carbons (Fsp3) is 0.289. The summed E-state index contributed by atoms with van der Waals surface area (Å²) < 4.78 is 41.5. The van der Waals surface area contributed by atoms with E-state index in [9.17, 15) is 13.2 Å². The molecule has 1 N–H and O–H groups in total. The monoisotopic (exact) mass is 664 g/mol. The summed E-state index contributed by atoms with van der Waals surface area (Å²) in [5, 5.41) is 5.06. The van der Waals surface area contributed by atoms with Gasteiger partial charge in [-0.1, -0.05) is 129 Å². The number of benzene rings is 4. The van der Waals surface area contributed by atoms with Crippen molar-refractivity contribution in [1.82, 2.24) is 5.32 Å². The number of fused-ring (bicyclic) bond motifs is 1. The van der Waals surface area contributed by atoms with Crippen molar-refractivity contribution in [2.45, 2.75) is 62.1 Å². The number of alkyl carbamates (subject to hydrolysis) is 1. The lowest BCUT2D eigenvalue weighted by molar-refractivity contribution is 0.155. The van der Waals surface area contributed by atoms with E-state index in [1.54, 1.807) is 24.3 Å². The van der Waals surface area contributed by atoms with Gasteiger partial charge in [0, 0.05) is 12.5 Å². The van der Waals surface area contributed by atoms with Crippen molar-refractivity contribution in [2.24, 2.45) is 0 Å². The lowest BCUT2D eigenvalue weighted by Gasteiger charge is -2.42. The van der Waals surface area contributed by atoms with Gasteiger partial charge in [-0.3, -0.25) is 4.31 Å². The van der Waals surface area contributed by atoms with Crippen molar-refractivity contribution in [1.29, 1.82) is 0 Å². The molecule has 4 aromatic carbocycles. The first-order valence-electron chi connectivity index (χ1n) is 15.9. The van der Waals surface area contributed by atoms with E-state index in [0.717, 1.165) is 21.5 Å². The van der Waals surface area contributed by atoms with Gasteiger partial charge in [0.05, 0.1) is 23.2 Å². The van der Waals surface area contributed by atoms with E-state index in [0.29, 0.717) is 12.1 Å². The third kappa shape index (κ3) is 6.33. The molecule has 1 fully saturated rings. The molecule has 3 atom stereocenters. The van der Waals surface area contributed by atoms with Crippen LogP contribution in [-0.2, 0) is 19.2 Å². The Kier molecular flexibility index (Phi) is 9.03. The van der Waals surface area contributed by atoms with E-state index in [4.69, 9.17) is 9.16 Å². The Morgan fingerprint density at radius 3 is 2.11 bits per heavy atom. The maximum atomic E-state index is 13.7. The molecule has 4 aromatic rings. The molecule has 0 aliphatic carbocycles. The number of carbonyl (C=O) groups is 1. The maximum absolute atomic E-state index is 13.7. The highest BCUT2D eigenvalue weighted by Gasteiger charge is 2.50. The molecular weight excluding hydrogens is 625 g/mol. The van der Waals surface area contributed by atoms with Gasteiger partial charge in [-0.05, 0) is 52.5 Å². The smallest absolute Gasteiger partial charge is 0.408 e. The molecule has 47 heavy (non-hydrogen) atoms. The van der Waals surface area contributed by atoms with Gasteiger partial charge in [-0.2, -0.15) is 0 Å². The van der Waals surface area contributed by atoms with Gasteiger partial charge in [0.2, 0.25) is 0 Å². The van der Waals surface area contributed by atoms with Gasteiger partial charge >= 0.3 is 6.09 Å². The summed E-state index contributed by atoms with van der Waals surface area (Å²) in [6.07, 6.45) is -0.754. The summed E-state index contributed by atoms with van der Waals surface area (Å²) in [5.74, 6) is 6.20. The fourth-order valence-electron chi connectivity index (χ4n) is 6.85.